The van der Waals surface area contributed by atoms with Crippen molar-refractivity contribution < 1.29 is 22.4 Å². The molecule has 1 aromatic carbocycles. The largest absolute Gasteiger partial charge is 0.332 e. The van der Waals surface area contributed by atoms with Crippen LogP contribution in [0.5, 0.6) is 0 Å². The zero-order valence-electron chi connectivity index (χ0n) is 14.2. The van der Waals surface area contributed by atoms with Crippen LogP contribution in [-0.4, -0.2) is 48.6 Å². The molecule has 2 aromatic rings. The second-order valence-corrected chi connectivity index (χ2v) is 7.72. The number of thiophene rings is 1. The lowest BCUT2D eigenvalue weighted by molar-refractivity contribution is 0.0733. The Morgan fingerprint density at radius 2 is 1.88 bits per heavy atom. The number of hydrogen-bond donors (Lipinski definition) is 0. The summed E-state index contributed by atoms with van der Waals surface area (Å²) >= 11 is 1.41. The van der Waals surface area contributed by atoms with Crippen LogP contribution in [0.25, 0.3) is 0 Å². The van der Waals surface area contributed by atoms with E-state index in [2.05, 4.69) is 0 Å². The van der Waals surface area contributed by atoms with Crippen molar-refractivity contribution in [1.82, 2.24) is 9.80 Å². The first-order chi connectivity index (χ1) is 12.3. The van der Waals surface area contributed by atoms with Crippen LogP contribution in [-0.2, 0) is 6.54 Å². The van der Waals surface area contributed by atoms with Gasteiger partial charge < -0.3 is 9.80 Å². The normalized spacial score (nSPS) is 11.4. The molecule has 9 heteroatoms. The third kappa shape index (κ3) is 5.72. The van der Waals surface area contributed by atoms with Gasteiger partial charge in [0.2, 0.25) is 0 Å². The van der Waals surface area contributed by atoms with E-state index in [1.807, 2.05) is 19.0 Å². The molecular weight excluding hydrogens is 388 g/mol. The first-order valence-electron chi connectivity index (χ1n) is 7.68. The molecule has 0 aliphatic carbocycles. The summed E-state index contributed by atoms with van der Waals surface area (Å²) in [6, 6.07) is 4.92. The summed E-state index contributed by atoms with van der Waals surface area (Å²) in [5, 5.41) is 1.58. The van der Waals surface area contributed by atoms with E-state index >= 15 is 0 Å². The summed E-state index contributed by atoms with van der Waals surface area (Å²) in [5.41, 5.74) is 0.427. The molecule has 1 heterocycles. The van der Waals surface area contributed by atoms with E-state index in [9.17, 15) is 22.4 Å². The van der Waals surface area contributed by atoms with Gasteiger partial charge >= 0.3 is 0 Å². The number of carbonyl (C=O) groups excluding carboxylic acids is 1. The molecule has 0 aliphatic rings. The number of amides is 1. The topological polar surface area (TPSA) is 23.6 Å². The molecule has 0 spiro atoms. The number of likely N-dealkylation sites (N-methyl/N-ethyl adjacent to an activating group) is 1. The van der Waals surface area contributed by atoms with Crippen molar-refractivity contribution >= 4 is 29.0 Å². The number of nitrogens with zero attached hydrogens (tertiary/aromatic N) is 2. The molecule has 0 aliphatic heterocycles. The van der Waals surface area contributed by atoms with Crippen molar-refractivity contribution in [3.8, 4) is 0 Å². The van der Waals surface area contributed by atoms with Gasteiger partial charge in [-0.1, -0.05) is 17.8 Å². The lowest BCUT2D eigenvalue weighted by Crippen LogP contribution is -2.36. The van der Waals surface area contributed by atoms with Crippen LogP contribution >= 0.6 is 23.1 Å². The molecule has 1 aromatic heterocycles. The summed E-state index contributed by atoms with van der Waals surface area (Å²) < 4.78 is 51.9. The first kappa shape index (κ1) is 20.7. The number of rotatable bonds is 8. The van der Waals surface area contributed by atoms with E-state index in [1.54, 1.807) is 5.38 Å². The summed E-state index contributed by atoms with van der Waals surface area (Å²) in [4.78, 5) is 16.6. The van der Waals surface area contributed by atoms with Crippen LogP contribution < -0.4 is 0 Å². The Balaban J connectivity index is 2.24. The van der Waals surface area contributed by atoms with Crippen LogP contribution in [0.4, 0.5) is 17.6 Å². The molecule has 0 fully saturated rings. The Morgan fingerprint density at radius 3 is 2.50 bits per heavy atom. The highest BCUT2D eigenvalue weighted by Crippen LogP contribution is 2.33. The second kappa shape index (κ2) is 9.38. The number of halogens is 4. The highest BCUT2D eigenvalue weighted by Gasteiger charge is 2.23. The number of hydrogen-bond acceptors (Lipinski definition) is 4. The van der Waals surface area contributed by atoms with Gasteiger partial charge in [0.15, 0.2) is 11.6 Å². The fraction of sp³-hybridized carbons (Fsp3) is 0.353. The Bertz CT molecular complexity index is 752. The number of thioether (sulfide) groups is 1. The molecule has 0 radical (unpaired) electrons. The van der Waals surface area contributed by atoms with E-state index in [0.717, 1.165) is 23.5 Å². The lowest BCUT2D eigenvalue weighted by Gasteiger charge is -2.24. The third-order valence-corrected chi connectivity index (χ3v) is 5.31. The molecule has 0 bridgehead atoms. The zero-order chi connectivity index (χ0) is 19.3. The fourth-order valence-electron chi connectivity index (χ4n) is 2.22. The van der Waals surface area contributed by atoms with E-state index in [0.29, 0.717) is 30.4 Å². The predicted octanol–water partition coefficient (Wildman–Crippen LogP) is 4.55. The van der Waals surface area contributed by atoms with Crippen molar-refractivity contribution in [2.75, 3.05) is 27.2 Å². The standard InChI is InChI=1S/C17H18F4N2OS2/c1-22(2)6-7-23(10-11-3-4-12(18)13(19)9-11)16(24)15-14(5-8-25-15)26-17(20)21/h3-5,8-9,17H,6-7,10H2,1-2H3. The average molecular weight is 406 g/mol. The molecule has 142 valence electrons. The first-order valence-corrected chi connectivity index (χ1v) is 9.44. The van der Waals surface area contributed by atoms with Gasteiger partial charge in [0, 0.05) is 24.5 Å². The molecule has 1 amide bonds. The van der Waals surface area contributed by atoms with E-state index in [1.165, 1.54) is 17.0 Å². The van der Waals surface area contributed by atoms with Crippen LogP contribution in [0.1, 0.15) is 15.2 Å². The molecule has 26 heavy (non-hydrogen) atoms. The van der Waals surface area contributed by atoms with E-state index in [-0.39, 0.29) is 16.3 Å². The van der Waals surface area contributed by atoms with Crippen LogP contribution in [0.15, 0.2) is 34.5 Å². The zero-order valence-corrected chi connectivity index (χ0v) is 15.8. The molecule has 0 N–H and O–H groups in total. The monoisotopic (exact) mass is 406 g/mol. The Morgan fingerprint density at radius 1 is 1.15 bits per heavy atom. The maximum atomic E-state index is 13.5. The Labute approximate surface area is 157 Å². The van der Waals surface area contributed by atoms with Gasteiger partial charge in [-0.25, -0.2) is 8.78 Å². The van der Waals surface area contributed by atoms with Gasteiger partial charge in [-0.3, -0.25) is 4.79 Å². The van der Waals surface area contributed by atoms with Crippen molar-refractivity contribution in [2.45, 2.75) is 17.2 Å². The number of benzene rings is 1. The highest BCUT2D eigenvalue weighted by atomic mass is 32.2. The van der Waals surface area contributed by atoms with E-state index in [4.69, 9.17) is 0 Å². The molecule has 3 nitrogen and oxygen atoms in total. The minimum atomic E-state index is -2.63. The molecule has 0 saturated carbocycles. The van der Waals surface area contributed by atoms with E-state index < -0.39 is 23.3 Å². The minimum absolute atomic E-state index is 0.0561. The van der Waals surface area contributed by atoms with Crippen LogP contribution in [0.2, 0.25) is 0 Å². The summed E-state index contributed by atoms with van der Waals surface area (Å²) in [6.45, 7) is 0.917. The lowest BCUT2D eigenvalue weighted by atomic mass is 10.2. The third-order valence-electron chi connectivity index (χ3n) is 3.50. The summed E-state index contributed by atoms with van der Waals surface area (Å²) in [5.74, 6) is -4.99. The molecular formula is C17H18F4N2OS2. The predicted molar refractivity (Wildman–Crippen MR) is 95.8 cm³/mol. The van der Waals surface area contributed by atoms with Crippen LogP contribution in [0, 0.1) is 11.6 Å². The van der Waals surface area contributed by atoms with Crippen LogP contribution in [0.3, 0.4) is 0 Å². The van der Waals surface area contributed by atoms with Gasteiger partial charge in [-0.2, -0.15) is 8.78 Å². The van der Waals surface area contributed by atoms with Crippen molar-refractivity contribution in [1.29, 1.82) is 0 Å². The maximum absolute atomic E-state index is 13.5. The minimum Gasteiger partial charge on any atom is -0.332 e. The SMILES string of the molecule is CN(C)CCN(Cc1ccc(F)c(F)c1)C(=O)c1sccc1SC(F)F. The molecule has 0 saturated heterocycles. The Kier molecular flexibility index (Phi) is 7.48. The van der Waals surface area contributed by atoms with Crippen molar-refractivity contribution in [2.24, 2.45) is 0 Å². The Hall–Kier alpha value is -1.58. The number of alkyl halides is 2. The van der Waals surface area contributed by atoms with Crippen molar-refractivity contribution in [3.05, 3.63) is 51.7 Å². The maximum Gasteiger partial charge on any atom is 0.288 e. The summed E-state index contributed by atoms with van der Waals surface area (Å²) in [6.07, 6.45) is 0. The highest BCUT2D eigenvalue weighted by molar-refractivity contribution is 7.99. The van der Waals surface area contributed by atoms with Gasteiger partial charge in [-0.15, -0.1) is 11.3 Å². The van der Waals surface area contributed by atoms with Crippen molar-refractivity contribution in [3.63, 3.8) is 0 Å². The van der Waals surface area contributed by atoms with Gasteiger partial charge in [0.25, 0.3) is 11.7 Å². The fourth-order valence-corrected chi connectivity index (χ4v) is 3.88. The second-order valence-electron chi connectivity index (χ2n) is 5.77. The quantitative estimate of drug-likeness (QED) is 0.475. The molecule has 2 rings (SSSR count). The molecule has 0 atom stereocenters. The number of carbonyl (C=O) groups is 1. The summed E-state index contributed by atoms with van der Waals surface area (Å²) in [7, 11) is 3.67. The van der Waals surface area contributed by atoms with Gasteiger partial charge in [0.05, 0.1) is 0 Å². The average Bonchev–Trinajstić information content (AvgIpc) is 3.01. The van der Waals surface area contributed by atoms with Gasteiger partial charge in [-0.05, 0) is 43.2 Å². The molecule has 0 unspecified atom stereocenters. The smallest absolute Gasteiger partial charge is 0.288 e. The van der Waals surface area contributed by atoms with Gasteiger partial charge in [0.1, 0.15) is 4.88 Å².